The van der Waals surface area contributed by atoms with Gasteiger partial charge in [0.1, 0.15) is 5.82 Å². The molecule has 8 heteroatoms. The lowest BCUT2D eigenvalue weighted by Gasteiger charge is -2.22. The number of nitrogens with zero attached hydrogens (tertiary/aromatic N) is 4. The van der Waals surface area contributed by atoms with Crippen LogP contribution in [-0.4, -0.2) is 32.8 Å². The summed E-state index contributed by atoms with van der Waals surface area (Å²) < 4.78 is 8.02. The van der Waals surface area contributed by atoms with E-state index in [0.717, 1.165) is 42.6 Å². The van der Waals surface area contributed by atoms with E-state index in [2.05, 4.69) is 31.3 Å². The molecule has 5 rings (SSSR count). The summed E-state index contributed by atoms with van der Waals surface area (Å²) in [5.74, 6) is 1.41. The van der Waals surface area contributed by atoms with Crippen LogP contribution < -0.4 is 11.1 Å². The number of piperidine rings is 1. The largest absolute Gasteiger partial charge is 0.436 e. The van der Waals surface area contributed by atoms with Crippen LogP contribution in [0, 0.1) is 0 Å². The first-order valence-corrected chi connectivity index (χ1v) is 10.3. The van der Waals surface area contributed by atoms with E-state index in [-0.39, 0.29) is 0 Å². The van der Waals surface area contributed by atoms with Crippen LogP contribution in [-0.2, 0) is 0 Å². The molecule has 1 saturated heterocycles. The number of hydrogen-bond donors (Lipinski definition) is 2. The molecule has 0 saturated carbocycles. The van der Waals surface area contributed by atoms with Crippen LogP contribution in [0.25, 0.3) is 33.9 Å². The fraction of sp³-hybridized carbons (Fsp3) is 0.227. The Kier molecular flexibility index (Phi) is 4.98. The van der Waals surface area contributed by atoms with Crippen molar-refractivity contribution in [3.8, 4) is 33.9 Å². The zero-order valence-electron chi connectivity index (χ0n) is 16.3. The van der Waals surface area contributed by atoms with Crippen LogP contribution in [0.15, 0.2) is 59.5 Å². The summed E-state index contributed by atoms with van der Waals surface area (Å²) in [7, 11) is 0. The van der Waals surface area contributed by atoms with E-state index in [1.54, 1.807) is 12.4 Å². The van der Waals surface area contributed by atoms with Gasteiger partial charge in [-0.3, -0.25) is 4.68 Å². The Balaban J connectivity index is 1.45. The van der Waals surface area contributed by atoms with Crippen molar-refractivity contribution in [1.82, 2.24) is 25.1 Å². The molecule has 0 bridgehead atoms. The molecule has 0 atom stereocenters. The van der Waals surface area contributed by atoms with Gasteiger partial charge in [-0.2, -0.15) is 5.10 Å². The minimum atomic E-state index is 0.365. The first-order chi connectivity index (χ1) is 14.7. The minimum Gasteiger partial charge on any atom is -0.436 e. The summed E-state index contributed by atoms with van der Waals surface area (Å²) in [4.78, 5) is 8.77. The van der Waals surface area contributed by atoms with Gasteiger partial charge in [0.15, 0.2) is 5.76 Å². The van der Waals surface area contributed by atoms with Crippen LogP contribution >= 0.6 is 11.6 Å². The van der Waals surface area contributed by atoms with Crippen LogP contribution in [0.4, 0.5) is 5.82 Å². The van der Waals surface area contributed by atoms with Gasteiger partial charge < -0.3 is 15.5 Å². The molecule has 0 spiro atoms. The first-order valence-electron chi connectivity index (χ1n) is 9.90. The molecule has 1 aromatic carbocycles. The van der Waals surface area contributed by atoms with Gasteiger partial charge in [-0.05, 0) is 44.1 Å². The Bertz CT molecular complexity index is 1180. The minimum absolute atomic E-state index is 0.365. The second kappa shape index (κ2) is 7.93. The number of anilines is 1. The second-order valence-corrected chi connectivity index (χ2v) is 7.82. The van der Waals surface area contributed by atoms with Crippen molar-refractivity contribution in [3.63, 3.8) is 0 Å². The lowest BCUT2D eigenvalue weighted by atomic mass is 10.1. The monoisotopic (exact) mass is 420 g/mol. The number of nitrogen functional groups attached to an aromatic ring is 1. The maximum Gasteiger partial charge on any atom is 0.230 e. The van der Waals surface area contributed by atoms with E-state index < -0.39 is 0 Å². The Labute approximate surface area is 178 Å². The highest BCUT2D eigenvalue weighted by Gasteiger charge is 2.18. The van der Waals surface area contributed by atoms with Gasteiger partial charge in [0.05, 0.1) is 24.0 Å². The lowest BCUT2D eigenvalue weighted by molar-refractivity contribution is 0.343. The van der Waals surface area contributed by atoms with E-state index >= 15 is 0 Å². The zero-order chi connectivity index (χ0) is 20.5. The molecule has 1 aliphatic heterocycles. The Morgan fingerprint density at radius 3 is 2.73 bits per heavy atom. The third-order valence-electron chi connectivity index (χ3n) is 5.38. The molecular weight excluding hydrogens is 400 g/mol. The van der Waals surface area contributed by atoms with Crippen molar-refractivity contribution in [3.05, 3.63) is 60.1 Å². The summed E-state index contributed by atoms with van der Waals surface area (Å²) in [6.07, 6.45) is 9.52. The molecule has 1 fully saturated rings. The van der Waals surface area contributed by atoms with Gasteiger partial charge in [-0.1, -0.05) is 23.7 Å². The maximum atomic E-state index is 6.13. The topological polar surface area (TPSA) is 94.8 Å². The van der Waals surface area contributed by atoms with Gasteiger partial charge in [-0.15, -0.1) is 0 Å². The van der Waals surface area contributed by atoms with Gasteiger partial charge in [0.2, 0.25) is 5.89 Å². The standard InChI is InChI=1S/C22H21ClN6O/c23-17-3-1-2-14(8-17)20-12-27-22(30-20)19-9-15(10-26-21(19)24)16-11-28-29(13-16)18-4-6-25-7-5-18/h1-3,8-13,18,25H,4-7H2,(H2,24,26). The molecule has 4 aromatic rings. The average molecular weight is 421 g/mol. The van der Waals surface area contributed by atoms with Crippen molar-refractivity contribution in [1.29, 1.82) is 0 Å². The van der Waals surface area contributed by atoms with Gasteiger partial charge >= 0.3 is 0 Å². The molecule has 4 heterocycles. The van der Waals surface area contributed by atoms with E-state index in [1.807, 2.05) is 36.5 Å². The number of aromatic nitrogens is 4. The summed E-state index contributed by atoms with van der Waals surface area (Å²) in [6.45, 7) is 2.04. The third kappa shape index (κ3) is 3.69. The van der Waals surface area contributed by atoms with E-state index in [0.29, 0.717) is 34.1 Å². The van der Waals surface area contributed by atoms with Crippen LogP contribution in [0.3, 0.4) is 0 Å². The third-order valence-corrected chi connectivity index (χ3v) is 5.62. The predicted octanol–water partition coefficient (Wildman–Crippen LogP) is 4.43. The van der Waals surface area contributed by atoms with Crippen molar-refractivity contribution in [2.45, 2.75) is 18.9 Å². The first kappa shape index (κ1) is 18.8. The highest BCUT2D eigenvalue weighted by Crippen LogP contribution is 2.32. The number of halogens is 1. The molecule has 1 aliphatic rings. The smallest absolute Gasteiger partial charge is 0.230 e. The zero-order valence-corrected chi connectivity index (χ0v) is 17.0. The molecule has 0 radical (unpaired) electrons. The van der Waals surface area contributed by atoms with Crippen LogP contribution in [0.1, 0.15) is 18.9 Å². The SMILES string of the molecule is Nc1ncc(-c2cnn(C3CCNCC3)c2)cc1-c1ncc(-c2cccc(Cl)c2)o1. The number of nitrogens with one attached hydrogen (secondary N) is 1. The van der Waals surface area contributed by atoms with Crippen molar-refractivity contribution < 1.29 is 4.42 Å². The van der Waals surface area contributed by atoms with E-state index in [1.165, 1.54) is 0 Å². The molecule has 152 valence electrons. The number of hydrogen-bond acceptors (Lipinski definition) is 6. The number of oxazole rings is 1. The molecule has 7 nitrogen and oxygen atoms in total. The number of benzene rings is 1. The summed E-state index contributed by atoms with van der Waals surface area (Å²) in [5.41, 5.74) is 9.54. The quantitative estimate of drug-likeness (QED) is 0.507. The van der Waals surface area contributed by atoms with Crippen LogP contribution in [0.5, 0.6) is 0 Å². The predicted molar refractivity (Wildman–Crippen MR) is 117 cm³/mol. The molecule has 0 aliphatic carbocycles. The summed E-state index contributed by atoms with van der Waals surface area (Å²) in [5, 5.41) is 8.59. The average Bonchev–Trinajstić information content (AvgIpc) is 3.45. The van der Waals surface area contributed by atoms with Crippen LogP contribution in [0.2, 0.25) is 5.02 Å². The molecule has 0 amide bonds. The molecular formula is C22H21ClN6O. The number of rotatable bonds is 4. The van der Waals surface area contributed by atoms with Gasteiger partial charge in [0, 0.05) is 34.1 Å². The number of pyridine rings is 1. The van der Waals surface area contributed by atoms with Crippen molar-refractivity contribution in [2.24, 2.45) is 0 Å². The van der Waals surface area contributed by atoms with E-state index in [4.69, 9.17) is 21.8 Å². The summed E-state index contributed by atoms with van der Waals surface area (Å²) >= 11 is 6.09. The Morgan fingerprint density at radius 1 is 1.03 bits per heavy atom. The maximum absolute atomic E-state index is 6.13. The Morgan fingerprint density at radius 2 is 1.90 bits per heavy atom. The fourth-order valence-electron chi connectivity index (χ4n) is 3.74. The normalized spacial score (nSPS) is 14.8. The van der Waals surface area contributed by atoms with Gasteiger partial charge in [0.25, 0.3) is 0 Å². The Hall–Kier alpha value is -3.16. The molecule has 3 aromatic heterocycles. The molecule has 0 unspecified atom stereocenters. The molecule has 3 N–H and O–H groups in total. The highest BCUT2D eigenvalue weighted by atomic mass is 35.5. The molecule has 30 heavy (non-hydrogen) atoms. The van der Waals surface area contributed by atoms with Crippen molar-refractivity contribution in [2.75, 3.05) is 18.8 Å². The number of nitrogens with two attached hydrogens (primary N) is 1. The highest BCUT2D eigenvalue weighted by molar-refractivity contribution is 6.30. The summed E-state index contributed by atoms with van der Waals surface area (Å²) in [6, 6.07) is 9.81. The van der Waals surface area contributed by atoms with E-state index in [9.17, 15) is 0 Å². The van der Waals surface area contributed by atoms with Crippen molar-refractivity contribution >= 4 is 17.4 Å². The lowest BCUT2D eigenvalue weighted by Crippen LogP contribution is -2.29. The van der Waals surface area contributed by atoms with Gasteiger partial charge in [-0.25, -0.2) is 9.97 Å². The second-order valence-electron chi connectivity index (χ2n) is 7.39. The fourth-order valence-corrected chi connectivity index (χ4v) is 3.93.